The summed E-state index contributed by atoms with van der Waals surface area (Å²) < 4.78 is 0. The Morgan fingerprint density at radius 2 is 2.11 bits per heavy atom. The number of rotatable bonds is 8. The molecule has 0 aromatic rings. The number of unbranched alkanes of at least 4 members (excludes halogenated alkanes) is 3. The van der Waals surface area contributed by atoms with Gasteiger partial charge in [-0.3, -0.25) is 4.79 Å². The van der Waals surface area contributed by atoms with E-state index in [0.29, 0.717) is 5.92 Å². The lowest BCUT2D eigenvalue weighted by atomic mass is 10.1. The first-order valence-electron chi connectivity index (χ1n) is 7.04. The molecule has 0 aromatic heterocycles. The zero-order valence-corrected chi connectivity index (χ0v) is 12.4. The second-order valence-electron chi connectivity index (χ2n) is 4.58. The summed E-state index contributed by atoms with van der Waals surface area (Å²) in [5.74, 6) is 11.8. The molecule has 19 heavy (non-hydrogen) atoms. The maximum absolute atomic E-state index is 11.4. The molecule has 0 aliphatic carbocycles. The molecule has 1 amide bonds. The van der Waals surface area contributed by atoms with Crippen LogP contribution < -0.4 is 5.32 Å². The molecule has 0 radical (unpaired) electrons. The standard InChI is InChI=1S/C17H25NO/c1-4-6-7-8-9-10-11-12-13-14-17(19)18-15-16(3)5-2/h13-14,16H,5,9-12,15H2,1-3H3,(H,18,19)/b14-13+. The molecular formula is C17H25NO. The minimum absolute atomic E-state index is 0.0123. The minimum Gasteiger partial charge on any atom is -0.352 e. The number of hydrogen-bond donors (Lipinski definition) is 1. The van der Waals surface area contributed by atoms with E-state index in [2.05, 4.69) is 42.8 Å². The van der Waals surface area contributed by atoms with Crippen LogP contribution in [0.1, 0.15) is 52.9 Å². The van der Waals surface area contributed by atoms with Gasteiger partial charge < -0.3 is 5.32 Å². The Bertz CT molecular complexity index is 387. The molecule has 0 aliphatic heterocycles. The van der Waals surface area contributed by atoms with E-state index < -0.39 is 0 Å². The van der Waals surface area contributed by atoms with Crippen molar-refractivity contribution in [3.63, 3.8) is 0 Å². The maximum atomic E-state index is 11.4. The van der Waals surface area contributed by atoms with Gasteiger partial charge in [0.1, 0.15) is 0 Å². The monoisotopic (exact) mass is 259 g/mol. The molecule has 1 atom stereocenters. The summed E-state index contributed by atoms with van der Waals surface area (Å²) in [7, 11) is 0. The number of nitrogens with one attached hydrogen (secondary N) is 1. The molecule has 0 fully saturated rings. The Labute approximate surface area is 118 Å². The lowest BCUT2D eigenvalue weighted by Crippen LogP contribution is -2.26. The van der Waals surface area contributed by atoms with Gasteiger partial charge in [0.05, 0.1) is 0 Å². The Hall–Kier alpha value is -1.67. The van der Waals surface area contributed by atoms with Gasteiger partial charge in [-0.05, 0) is 50.0 Å². The van der Waals surface area contributed by atoms with Gasteiger partial charge in [0.2, 0.25) is 5.91 Å². The molecule has 1 unspecified atom stereocenters. The Kier molecular flexibility index (Phi) is 11.7. The molecule has 0 saturated heterocycles. The van der Waals surface area contributed by atoms with Crippen LogP contribution >= 0.6 is 0 Å². The molecule has 0 heterocycles. The first kappa shape index (κ1) is 17.3. The van der Waals surface area contributed by atoms with Crippen LogP contribution in [0.15, 0.2) is 12.2 Å². The van der Waals surface area contributed by atoms with Crippen LogP contribution in [-0.2, 0) is 4.79 Å². The Balaban J connectivity index is 3.54. The molecule has 2 heteroatoms. The van der Waals surface area contributed by atoms with Crippen molar-refractivity contribution in [3.05, 3.63) is 12.2 Å². The van der Waals surface area contributed by atoms with E-state index in [-0.39, 0.29) is 5.91 Å². The number of carbonyl (C=O) groups is 1. The van der Waals surface area contributed by atoms with Crippen LogP contribution in [-0.4, -0.2) is 12.5 Å². The van der Waals surface area contributed by atoms with Gasteiger partial charge in [-0.1, -0.05) is 38.2 Å². The fraction of sp³-hybridized carbons (Fsp3) is 0.588. The lowest BCUT2D eigenvalue weighted by Gasteiger charge is -2.07. The molecular weight excluding hydrogens is 234 g/mol. The molecule has 0 spiro atoms. The number of hydrogen-bond acceptors (Lipinski definition) is 1. The van der Waals surface area contributed by atoms with E-state index in [4.69, 9.17) is 0 Å². The van der Waals surface area contributed by atoms with Crippen molar-refractivity contribution in [3.8, 4) is 23.7 Å². The van der Waals surface area contributed by atoms with Gasteiger partial charge in [0, 0.05) is 13.0 Å². The fourth-order valence-corrected chi connectivity index (χ4v) is 1.31. The summed E-state index contributed by atoms with van der Waals surface area (Å²) >= 11 is 0. The van der Waals surface area contributed by atoms with E-state index in [9.17, 15) is 4.79 Å². The average molecular weight is 259 g/mol. The summed E-state index contributed by atoms with van der Waals surface area (Å²) in [5.41, 5.74) is 0. The summed E-state index contributed by atoms with van der Waals surface area (Å²) in [6.07, 6.45) is 8.58. The van der Waals surface area contributed by atoms with Crippen LogP contribution in [0.5, 0.6) is 0 Å². The maximum Gasteiger partial charge on any atom is 0.243 e. The SMILES string of the molecule is CC#CC#CCCCC/C=C/C(=O)NCC(C)CC. The summed E-state index contributed by atoms with van der Waals surface area (Å²) in [5, 5.41) is 2.90. The Morgan fingerprint density at radius 3 is 2.79 bits per heavy atom. The fourth-order valence-electron chi connectivity index (χ4n) is 1.31. The van der Waals surface area contributed by atoms with E-state index >= 15 is 0 Å². The van der Waals surface area contributed by atoms with Gasteiger partial charge in [-0.25, -0.2) is 0 Å². The average Bonchev–Trinajstić information content (AvgIpc) is 2.42. The predicted molar refractivity (Wildman–Crippen MR) is 81.3 cm³/mol. The summed E-state index contributed by atoms with van der Waals surface area (Å²) in [4.78, 5) is 11.4. The summed E-state index contributed by atoms with van der Waals surface area (Å²) in [6.45, 7) is 6.80. The van der Waals surface area contributed by atoms with Crippen molar-refractivity contribution < 1.29 is 4.79 Å². The smallest absolute Gasteiger partial charge is 0.243 e. The van der Waals surface area contributed by atoms with Crippen LogP contribution in [0.3, 0.4) is 0 Å². The molecule has 0 rings (SSSR count). The third-order valence-electron chi connectivity index (χ3n) is 2.79. The lowest BCUT2D eigenvalue weighted by molar-refractivity contribution is -0.116. The first-order valence-corrected chi connectivity index (χ1v) is 7.04. The van der Waals surface area contributed by atoms with Crippen molar-refractivity contribution in [2.75, 3.05) is 6.54 Å². The van der Waals surface area contributed by atoms with Gasteiger partial charge in [0.15, 0.2) is 0 Å². The third-order valence-corrected chi connectivity index (χ3v) is 2.79. The summed E-state index contributed by atoms with van der Waals surface area (Å²) in [6, 6.07) is 0. The van der Waals surface area contributed by atoms with Crippen LogP contribution in [0, 0.1) is 29.6 Å². The van der Waals surface area contributed by atoms with Gasteiger partial charge >= 0.3 is 0 Å². The van der Waals surface area contributed by atoms with Crippen LogP contribution in [0.2, 0.25) is 0 Å². The third kappa shape index (κ3) is 12.6. The number of carbonyl (C=O) groups excluding carboxylic acids is 1. The number of amides is 1. The van der Waals surface area contributed by atoms with Crippen molar-refractivity contribution in [1.82, 2.24) is 5.32 Å². The topological polar surface area (TPSA) is 29.1 Å². The highest BCUT2D eigenvalue weighted by Crippen LogP contribution is 2.00. The van der Waals surface area contributed by atoms with Crippen molar-refractivity contribution in [2.24, 2.45) is 5.92 Å². The van der Waals surface area contributed by atoms with Crippen molar-refractivity contribution >= 4 is 5.91 Å². The highest BCUT2D eigenvalue weighted by molar-refractivity contribution is 5.87. The largest absolute Gasteiger partial charge is 0.352 e. The predicted octanol–water partition coefficient (Wildman–Crippen LogP) is 3.29. The molecule has 1 N–H and O–H groups in total. The number of allylic oxidation sites excluding steroid dienone is 1. The molecule has 0 aromatic carbocycles. The molecule has 0 bridgehead atoms. The Morgan fingerprint density at radius 1 is 1.32 bits per heavy atom. The highest BCUT2D eigenvalue weighted by Gasteiger charge is 1.99. The molecule has 2 nitrogen and oxygen atoms in total. The molecule has 0 saturated carbocycles. The van der Waals surface area contributed by atoms with Crippen LogP contribution in [0.25, 0.3) is 0 Å². The van der Waals surface area contributed by atoms with Gasteiger partial charge in [-0.2, -0.15) is 0 Å². The molecule has 104 valence electrons. The first-order chi connectivity index (χ1) is 9.20. The van der Waals surface area contributed by atoms with E-state index in [1.807, 2.05) is 6.08 Å². The second kappa shape index (κ2) is 12.8. The van der Waals surface area contributed by atoms with E-state index in [1.165, 1.54) is 0 Å². The van der Waals surface area contributed by atoms with Gasteiger partial charge in [0.25, 0.3) is 0 Å². The second-order valence-corrected chi connectivity index (χ2v) is 4.58. The van der Waals surface area contributed by atoms with Crippen molar-refractivity contribution in [1.29, 1.82) is 0 Å². The van der Waals surface area contributed by atoms with Crippen molar-refractivity contribution in [2.45, 2.75) is 52.9 Å². The van der Waals surface area contributed by atoms with Crippen LogP contribution in [0.4, 0.5) is 0 Å². The minimum atomic E-state index is 0.0123. The zero-order valence-electron chi connectivity index (χ0n) is 12.4. The quantitative estimate of drug-likeness (QED) is 0.404. The van der Waals surface area contributed by atoms with E-state index in [0.717, 1.165) is 38.6 Å². The zero-order chi connectivity index (χ0) is 14.3. The van der Waals surface area contributed by atoms with E-state index in [1.54, 1.807) is 13.0 Å². The normalized spacial score (nSPS) is 11.1. The molecule has 0 aliphatic rings. The van der Waals surface area contributed by atoms with Gasteiger partial charge in [-0.15, -0.1) is 0 Å². The highest BCUT2D eigenvalue weighted by atomic mass is 16.1.